The Kier molecular flexibility index (Phi) is 7.24. The molecule has 7 nitrogen and oxygen atoms in total. The fourth-order valence-electron chi connectivity index (χ4n) is 2.98. The second-order valence-corrected chi connectivity index (χ2v) is 9.87. The lowest BCUT2D eigenvalue weighted by molar-refractivity contribution is -0.123. The number of aromatic nitrogens is 2. The van der Waals surface area contributed by atoms with E-state index in [4.69, 9.17) is 0 Å². The number of carbonyl (C=O) groups is 1. The van der Waals surface area contributed by atoms with E-state index < -0.39 is 15.3 Å². The van der Waals surface area contributed by atoms with Crippen LogP contribution in [0.15, 0.2) is 34.1 Å². The minimum atomic E-state index is -3.72. The molecule has 0 radical (unpaired) electrons. The Balaban J connectivity index is 2.42. The summed E-state index contributed by atoms with van der Waals surface area (Å²) in [6.07, 6.45) is 1.11. The van der Waals surface area contributed by atoms with Crippen molar-refractivity contribution in [3.05, 3.63) is 35.7 Å². The summed E-state index contributed by atoms with van der Waals surface area (Å²) in [6, 6.07) is 6.33. The maximum Gasteiger partial charge on any atom is 0.229 e. The second kappa shape index (κ2) is 9.09. The Labute approximate surface area is 173 Å². The van der Waals surface area contributed by atoms with Crippen molar-refractivity contribution < 1.29 is 13.2 Å². The van der Waals surface area contributed by atoms with Gasteiger partial charge in [0.1, 0.15) is 4.90 Å². The molecule has 0 unspecified atom stereocenters. The van der Waals surface area contributed by atoms with Gasteiger partial charge >= 0.3 is 0 Å². The molecule has 160 valence electrons. The Morgan fingerprint density at radius 2 is 1.72 bits per heavy atom. The van der Waals surface area contributed by atoms with Gasteiger partial charge in [0.05, 0.1) is 22.8 Å². The van der Waals surface area contributed by atoms with E-state index in [1.165, 1.54) is 12.1 Å². The van der Waals surface area contributed by atoms with Crippen LogP contribution in [0, 0.1) is 5.41 Å². The molecule has 2 rings (SSSR count). The van der Waals surface area contributed by atoms with Gasteiger partial charge < -0.3 is 10.6 Å². The largest absolute Gasteiger partial charge is 0.326 e. The number of amides is 1. The van der Waals surface area contributed by atoms with Crippen LogP contribution in [-0.2, 0) is 34.0 Å². The zero-order valence-corrected chi connectivity index (χ0v) is 19.0. The molecule has 0 atom stereocenters. The van der Waals surface area contributed by atoms with Crippen LogP contribution >= 0.6 is 0 Å². The fourth-order valence-corrected chi connectivity index (χ4v) is 4.76. The molecule has 0 bridgehead atoms. The molecule has 0 fully saturated rings. The van der Waals surface area contributed by atoms with Crippen molar-refractivity contribution >= 4 is 21.4 Å². The molecule has 1 amide bonds. The maximum absolute atomic E-state index is 13.4. The van der Waals surface area contributed by atoms with Crippen LogP contribution < -0.4 is 10.6 Å². The van der Waals surface area contributed by atoms with Crippen LogP contribution in [-0.4, -0.2) is 37.7 Å². The highest BCUT2D eigenvalue weighted by atomic mass is 32.2. The van der Waals surface area contributed by atoms with Crippen molar-refractivity contribution in [2.75, 3.05) is 18.9 Å². The van der Waals surface area contributed by atoms with E-state index in [1.807, 2.05) is 41.7 Å². The lowest BCUT2D eigenvalue weighted by Gasteiger charge is -2.17. The number of anilines is 1. The standard InChI is InChI=1S/C21H32N4O3S/c1-7-17-19(18(8-2)25(24-17)14-13-22-6)29(27,28)16-11-9-15(10-12-16)23-20(26)21(3,4)5/h9-12,22H,7-8,13-14H2,1-6H3,(H,23,26). The Morgan fingerprint density at radius 3 is 2.21 bits per heavy atom. The summed E-state index contributed by atoms with van der Waals surface area (Å²) in [4.78, 5) is 12.7. The van der Waals surface area contributed by atoms with Gasteiger partial charge in [0.2, 0.25) is 15.7 Å². The van der Waals surface area contributed by atoms with Gasteiger partial charge in [0.15, 0.2) is 0 Å². The van der Waals surface area contributed by atoms with Crippen LogP contribution in [0.2, 0.25) is 0 Å². The van der Waals surface area contributed by atoms with Gasteiger partial charge in [-0.2, -0.15) is 5.10 Å². The molecular formula is C21H32N4O3S. The van der Waals surface area contributed by atoms with Crippen molar-refractivity contribution in [3.8, 4) is 0 Å². The topological polar surface area (TPSA) is 93.1 Å². The molecule has 0 saturated carbocycles. The molecule has 29 heavy (non-hydrogen) atoms. The second-order valence-electron chi connectivity index (χ2n) is 7.99. The highest BCUT2D eigenvalue weighted by Gasteiger charge is 2.29. The van der Waals surface area contributed by atoms with Crippen molar-refractivity contribution in [2.24, 2.45) is 5.41 Å². The molecule has 0 aliphatic heterocycles. The van der Waals surface area contributed by atoms with E-state index in [0.717, 1.165) is 5.69 Å². The van der Waals surface area contributed by atoms with E-state index in [0.29, 0.717) is 42.2 Å². The zero-order valence-electron chi connectivity index (χ0n) is 18.2. The van der Waals surface area contributed by atoms with Gasteiger partial charge in [0, 0.05) is 17.6 Å². The Morgan fingerprint density at radius 1 is 1.10 bits per heavy atom. The fraction of sp³-hybridized carbons (Fsp3) is 0.524. The number of likely N-dealkylation sites (N-methyl/N-ethyl adjacent to an activating group) is 1. The first-order chi connectivity index (χ1) is 13.6. The van der Waals surface area contributed by atoms with Crippen LogP contribution in [0.4, 0.5) is 5.69 Å². The Hall–Kier alpha value is -2.19. The summed E-state index contributed by atoms with van der Waals surface area (Å²) in [5, 5.41) is 10.4. The average molecular weight is 421 g/mol. The smallest absolute Gasteiger partial charge is 0.229 e. The van der Waals surface area contributed by atoms with Crippen molar-refractivity contribution in [1.82, 2.24) is 15.1 Å². The lowest BCUT2D eigenvalue weighted by atomic mass is 9.95. The number of carbonyl (C=O) groups excluding carboxylic acids is 1. The summed E-state index contributed by atoms with van der Waals surface area (Å²) in [5.41, 5.74) is 1.35. The minimum absolute atomic E-state index is 0.125. The number of rotatable bonds is 8. The van der Waals surface area contributed by atoms with E-state index in [9.17, 15) is 13.2 Å². The molecule has 2 aromatic rings. The predicted molar refractivity (Wildman–Crippen MR) is 115 cm³/mol. The molecule has 0 saturated heterocycles. The molecule has 1 aromatic heterocycles. The van der Waals surface area contributed by atoms with E-state index >= 15 is 0 Å². The molecule has 1 aromatic carbocycles. The Bertz CT molecular complexity index is 955. The molecule has 0 aliphatic carbocycles. The molecule has 0 spiro atoms. The summed E-state index contributed by atoms with van der Waals surface area (Å²) < 4.78 is 28.6. The van der Waals surface area contributed by atoms with Gasteiger partial charge in [-0.25, -0.2) is 8.42 Å². The average Bonchev–Trinajstić information content (AvgIpc) is 3.04. The number of hydrogen-bond acceptors (Lipinski definition) is 5. The highest BCUT2D eigenvalue weighted by Crippen LogP contribution is 2.29. The van der Waals surface area contributed by atoms with Crippen molar-refractivity contribution in [2.45, 2.75) is 63.8 Å². The third kappa shape index (κ3) is 5.05. The lowest BCUT2D eigenvalue weighted by Crippen LogP contribution is -2.27. The quantitative estimate of drug-likeness (QED) is 0.685. The molecule has 1 heterocycles. The van der Waals surface area contributed by atoms with Gasteiger partial charge in [-0.05, 0) is 44.2 Å². The number of benzene rings is 1. The third-order valence-corrected chi connectivity index (χ3v) is 6.59. The van der Waals surface area contributed by atoms with Crippen molar-refractivity contribution in [1.29, 1.82) is 0 Å². The normalized spacial score (nSPS) is 12.2. The van der Waals surface area contributed by atoms with Crippen molar-refractivity contribution in [3.63, 3.8) is 0 Å². The SMILES string of the molecule is CCc1nn(CCNC)c(CC)c1S(=O)(=O)c1ccc(NC(=O)C(C)(C)C)cc1. The van der Waals surface area contributed by atoms with E-state index in [2.05, 4.69) is 15.7 Å². The van der Waals surface area contributed by atoms with Crippen LogP contribution in [0.1, 0.15) is 46.0 Å². The first kappa shape index (κ1) is 23.1. The minimum Gasteiger partial charge on any atom is -0.326 e. The van der Waals surface area contributed by atoms with Gasteiger partial charge in [-0.1, -0.05) is 34.6 Å². The monoisotopic (exact) mass is 420 g/mol. The van der Waals surface area contributed by atoms with Crippen LogP contribution in [0.5, 0.6) is 0 Å². The van der Waals surface area contributed by atoms with Gasteiger partial charge in [-0.3, -0.25) is 9.48 Å². The number of nitrogens with zero attached hydrogens (tertiary/aromatic N) is 2. The first-order valence-corrected chi connectivity index (χ1v) is 11.4. The van der Waals surface area contributed by atoms with Gasteiger partial charge in [0.25, 0.3) is 0 Å². The predicted octanol–water partition coefficient (Wildman–Crippen LogP) is 3.04. The number of sulfone groups is 1. The van der Waals surface area contributed by atoms with Gasteiger partial charge in [-0.15, -0.1) is 0 Å². The molecular weight excluding hydrogens is 388 g/mol. The third-order valence-electron chi connectivity index (χ3n) is 4.69. The first-order valence-electron chi connectivity index (χ1n) is 9.96. The number of nitrogens with one attached hydrogen (secondary N) is 2. The highest BCUT2D eigenvalue weighted by molar-refractivity contribution is 7.91. The van der Waals surface area contributed by atoms with E-state index in [1.54, 1.807) is 16.8 Å². The number of aryl methyl sites for hydroxylation is 1. The maximum atomic E-state index is 13.4. The van der Waals surface area contributed by atoms with Crippen LogP contribution in [0.3, 0.4) is 0 Å². The van der Waals surface area contributed by atoms with Crippen LogP contribution in [0.25, 0.3) is 0 Å². The molecule has 0 aliphatic rings. The summed E-state index contributed by atoms with van der Waals surface area (Å²) in [7, 11) is -1.86. The zero-order chi connectivity index (χ0) is 21.8. The summed E-state index contributed by atoms with van der Waals surface area (Å²) in [5.74, 6) is -0.125. The number of hydrogen-bond donors (Lipinski definition) is 2. The molecule has 8 heteroatoms. The summed E-state index contributed by atoms with van der Waals surface area (Å²) >= 11 is 0. The van der Waals surface area contributed by atoms with E-state index in [-0.39, 0.29) is 10.8 Å². The summed E-state index contributed by atoms with van der Waals surface area (Å²) in [6.45, 7) is 10.6. The molecule has 2 N–H and O–H groups in total.